The van der Waals surface area contributed by atoms with E-state index >= 15 is 0 Å². The molecule has 0 aliphatic heterocycles. The first-order chi connectivity index (χ1) is 15.7. The average molecular weight is 428 g/mol. The van der Waals surface area contributed by atoms with E-state index in [2.05, 4.69) is 5.32 Å². The summed E-state index contributed by atoms with van der Waals surface area (Å²) >= 11 is 0. The number of rotatable bonds is 8. The molecule has 1 N–H and O–H groups in total. The Hall–Kier alpha value is -4.19. The van der Waals surface area contributed by atoms with Gasteiger partial charge in [0.05, 0.1) is 27.0 Å². The number of pyridine rings is 1. The van der Waals surface area contributed by atoms with E-state index in [0.717, 1.165) is 28.4 Å². The Morgan fingerprint density at radius 1 is 0.656 bits per heavy atom. The second kappa shape index (κ2) is 9.75. The van der Waals surface area contributed by atoms with Gasteiger partial charge in [0.2, 0.25) is 5.75 Å². The Bertz CT molecular complexity index is 1170. The monoisotopic (exact) mass is 428 g/mol. The molecule has 0 unspecified atom stereocenters. The molecule has 0 saturated heterocycles. The maximum Gasteiger partial charge on any atom is 0.203 e. The average Bonchev–Trinajstić information content (AvgIpc) is 2.84. The van der Waals surface area contributed by atoms with Gasteiger partial charge in [-0.25, -0.2) is 4.98 Å². The zero-order valence-corrected chi connectivity index (χ0v) is 18.2. The predicted molar refractivity (Wildman–Crippen MR) is 126 cm³/mol. The van der Waals surface area contributed by atoms with Crippen LogP contribution in [0.3, 0.4) is 0 Å². The summed E-state index contributed by atoms with van der Waals surface area (Å²) < 4.78 is 22.4. The minimum absolute atomic E-state index is 0.536. The van der Waals surface area contributed by atoms with Crippen LogP contribution in [0.15, 0.2) is 84.9 Å². The van der Waals surface area contributed by atoms with Crippen LogP contribution in [0.25, 0.3) is 11.3 Å². The highest BCUT2D eigenvalue weighted by Gasteiger charge is 2.14. The molecule has 162 valence electrons. The number of anilines is 2. The fourth-order valence-electron chi connectivity index (χ4n) is 3.34. The molecule has 0 aliphatic rings. The molecular formula is C26H24N2O4. The largest absolute Gasteiger partial charge is 0.493 e. The molecule has 0 aliphatic carbocycles. The Kier molecular flexibility index (Phi) is 6.41. The normalized spacial score (nSPS) is 10.3. The highest BCUT2D eigenvalue weighted by Crippen LogP contribution is 2.40. The van der Waals surface area contributed by atoms with E-state index in [9.17, 15) is 0 Å². The second-order valence-corrected chi connectivity index (χ2v) is 6.86. The molecule has 0 spiro atoms. The quantitative estimate of drug-likeness (QED) is 0.355. The Balaban J connectivity index is 1.65. The van der Waals surface area contributed by atoms with Crippen molar-refractivity contribution in [1.82, 2.24) is 4.98 Å². The van der Waals surface area contributed by atoms with Crippen LogP contribution >= 0.6 is 0 Å². The lowest BCUT2D eigenvalue weighted by molar-refractivity contribution is 0.324. The number of aromatic nitrogens is 1. The van der Waals surface area contributed by atoms with Crippen LogP contribution in [-0.2, 0) is 0 Å². The zero-order valence-electron chi connectivity index (χ0n) is 18.2. The van der Waals surface area contributed by atoms with Crippen molar-refractivity contribution in [3.8, 4) is 40.0 Å². The van der Waals surface area contributed by atoms with Crippen LogP contribution < -0.4 is 24.3 Å². The van der Waals surface area contributed by atoms with Crippen molar-refractivity contribution in [2.75, 3.05) is 26.6 Å². The third-order valence-corrected chi connectivity index (χ3v) is 4.82. The molecule has 0 amide bonds. The molecule has 1 heterocycles. The lowest BCUT2D eigenvalue weighted by Crippen LogP contribution is -1.99. The first kappa shape index (κ1) is 21.1. The number of nitrogens with one attached hydrogen (secondary N) is 1. The number of benzene rings is 3. The summed E-state index contributed by atoms with van der Waals surface area (Å²) in [6.07, 6.45) is 0. The van der Waals surface area contributed by atoms with Crippen LogP contribution in [-0.4, -0.2) is 26.3 Å². The second-order valence-electron chi connectivity index (χ2n) is 6.86. The number of hydrogen-bond acceptors (Lipinski definition) is 6. The third kappa shape index (κ3) is 4.59. The van der Waals surface area contributed by atoms with Gasteiger partial charge < -0.3 is 24.3 Å². The van der Waals surface area contributed by atoms with Gasteiger partial charge in [0.25, 0.3) is 0 Å². The first-order valence-electron chi connectivity index (χ1n) is 10.1. The summed E-state index contributed by atoms with van der Waals surface area (Å²) in [4.78, 5) is 4.79. The van der Waals surface area contributed by atoms with Gasteiger partial charge in [-0.3, -0.25) is 0 Å². The highest BCUT2D eigenvalue weighted by molar-refractivity contribution is 5.71. The van der Waals surface area contributed by atoms with Gasteiger partial charge in [0, 0.05) is 23.4 Å². The summed E-state index contributed by atoms with van der Waals surface area (Å²) in [5.74, 6) is 3.84. The molecule has 1 aromatic heterocycles. The van der Waals surface area contributed by atoms with Gasteiger partial charge >= 0.3 is 0 Å². The van der Waals surface area contributed by atoms with Crippen molar-refractivity contribution >= 4 is 11.5 Å². The molecule has 6 nitrogen and oxygen atoms in total. The Morgan fingerprint density at radius 2 is 1.34 bits per heavy atom. The molecule has 4 rings (SSSR count). The molecule has 0 fully saturated rings. The molecule has 6 heteroatoms. The maximum atomic E-state index is 6.10. The molecule has 0 saturated carbocycles. The van der Waals surface area contributed by atoms with Crippen LogP contribution in [0.2, 0.25) is 0 Å². The van der Waals surface area contributed by atoms with Crippen LogP contribution in [0.4, 0.5) is 11.5 Å². The van der Waals surface area contributed by atoms with Crippen molar-refractivity contribution in [2.24, 2.45) is 0 Å². The van der Waals surface area contributed by atoms with Gasteiger partial charge in [0.15, 0.2) is 11.5 Å². The van der Waals surface area contributed by atoms with Gasteiger partial charge in [0.1, 0.15) is 17.3 Å². The zero-order chi connectivity index (χ0) is 22.3. The van der Waals surface area contributed by atoms with Crippen LogP contribution in [0.1, 0.15) is 0 Å². The topological polar surface area (TPSA) is 61.8 Å². The van der Waals surface area contributed by atoms with Crippen molar-refractivity contribution in [1.29, 1.82) is 0 Å². The number of ether oxygens (including phenoxy) is 4. The smallest absolute Gasteiger partial charge is 0.203 e. The highest BCUT2D eigenvalue weighted by atomic mass is 16.5. The van der Waals surface area contributed by atoms with Crippen LogP contribution in [0, 0.1) is 0 Å². The van der Waals surface area contributed by atoms with E-state index in [-0.39, 0.29) is 0 Å². The van der Waals surface area contributed by atoms with Crippen molar-refractivity contribution in [3.05, 3.63) is 84.9 Å². The molecule has 4 aromatic rings. The summed E-state index contributed by atoms with van der Waals surface area (Å²) in [6, 6.07) is 27.0. The fourth-order valence-corrected chi connectivity index (χ4v) is 3.34. The first-order valence-corrected chi connectivity index (χ1v) is 10.1. The van der Waals surface area contributed by atoms with E-state index in [0.29, 0.717) is 23.1 Å². The molecule has 0 radical (unpaired) electrons. The molecule has 0 bridgehead atoms. The number of hydrogen-bond donors (Lipinski definition) is 1. The Labute approximate surface area is 187 Å². The SMILES string of the molecule is COc1cc(Nc2cccc(-c3ccccc3Oc3ccccc3)n2)cc(OC)c1OC. The van der Waals surface area contributed by atoms with E-state index in [1.807, 2.05) is 84.9 Å². The maximum absolute atomic E-state index is 6.10. The van der Waals surface area contributed by atoms with E-state index < -0.39 is 0 Å². The van der Waals surface area contributed by atoms with E-state index in [4.69, 9.17) is 23.9 Å². The van der Waals surface area contributed by atoms with Crippen LogP contribution in [0.5, 0.6) is 28.7 Å². The standard InChI is InChI=1S/C26H24N2O4/c1-29-23-16-18(17-24(30-2)26(23)31-3)27-25-15-9-13-21(28-25)20-12-7-8-14-22(20)32-19-10-5-4-6-11-19/h4-17H,1-3H3,(H,27,28). The lowest BCUT2D eigenvalue weighted by Gasteiger charge is -2.15. The van der Waals surface area contributed by atoms with Crippen molar-refractivity contribution < 1.29 is 18.9 Å². The van der Waals surface area contributed by atoms with Gasteiger partial charge in [-0.05, 0) is 36.4 Å². The fraction of sp³-hybridized carbons (Fsp3) is 0.115. The summed E-state index contributed by atoms with van der Waals surface area (Å²) in [5, 5.41) is 3.32. The van der Waals surface area contributed by atoms with Crippen molar-refractivity contribution in [2.45, 2.75) is 0 Å². The molecular weight excluding hydrogens is 404 g/mol. The molecule has 32 heavy (non-hydrogen) atoms. The van der Waals surface area contributed by atoms with Crippen molar-refractivity contribution in [3.63, 3.8) is 0 Å². The third-order valence-electron chi connectivity index (χ3n) is 4.82. The minimum atomic E-state index is 0.536. The molecule has 3 aromatic carbocycles. The van der Waals surface area contributed by atoms with Gasteiger partial charge in [-0.15, -0.1) is 0 Å². The Morgan fingerprint density at radius 3 is 2.03 bits per heavy atom. The summed E-state index contributed by atoms with van der Waals surface area (Å²) in [5.41, 5.74) is 2.44. The van der Waals surface area contributed by atoms with Gasteiger partial charge in [-0.1, -0.05) is 36.4 Å². The number of para-hydroxylation sites is 2. The van der Waals surface area contributed by atoms with E-state index in [1.54, 1.807) is 21.3 Å². The van der Waals surface area contributed by atoms with E-state index in [1.165, 1.54) is 0 Å². The summed E-state index contributed by atoms with van der Waals surface area (Å²) in [6.45, 7) is 0. The number of methoxy groups -OCH3 is 3. The molecule has 0 atom stereocenters. The number of nitrogens with zero attached hydrogens (tertiary/aromatic N) is 1. The van der Waals surface area contributed by atoms with Gasteiger partial charge in [-0.2, -0.15) is 0 Å². The predicted octanol–water partition coefficient (Wildman–Crippen LogP) is 6.31. The summed E-state index contributed by atoms with van der Waals surface area (Å²) in [7, 11) is 4.75. The lowest BCUT2D eigenvalue weighted by atomic mass is 10.1. The minimum Gasteiger partial charge on any atom is -0.493 e.